The van der Waals surface area contributed by atoms with E-state index < -0.39 is 20.3 Å². The van der Waals surface area contributed by atoms with Crippen molar-refractivity contribution in [1.82, 2.24) is 0 Å². The third-order valence-corrected chi connectivity index (χ3v) is 5.01. The van der Waals surface area contributed by atoms with Crippen molar-refractivity contribution in [3.63, 3.8) is 0 Å². The molecule has 0 saturated heterocycles. The van der Waals surface area contributed by atoms with Crippen molar-refractivity contribution < 1.29 is 10.2 Å². The number of aliphatic hydroxyl groups excluding tert-OH is 2. The lowest BCUT2D eigenvalue weighted by atomic mass is 10.0. The number of hydrogen-bond donors (Lipinski definition) is 3. The maximum atomic E-state index is 9.92. The Morgan fingerprint density at radius 1 is 1.12 bits per heavy atom. The fourth-order valence-corrected chi connectivity index (χ4v) is 2.90. The lowest BCUT2D eigenvalue weighted by molar-refractivity contribution is 0.0150. The molecule has 1 aromatic rings. The van der Waals surface area contributed by atoms with Crippen molar-refractivity contribution in [2.24, 2.45) is 5.73 Å². The summed E-state index contributed by atoms with van der Waals surface area (Å²) in [4.78, 5) is 0. The molecule has 0 fully saturated rings. The van der Waals surface area contributed by atoms with Gasteiger partial charge in [-0.15, -0.1) is 0 Å². The van der Waals surface area contributed by atoms with Crippen LogP contribution in [0.4, 0.5) is 0 Å². The predicted octanol–water partition coefficient (Wildman–Crippen LogP) is 0.975. The molecule has 1 aromatic carbocycles. The molecule has 3 nitrogen and oxygen atoms in total. The maximum absolute atomic E-state index is 9.92. The Kier molecular flexibility index (Phi) is 4.88. The molecule has 0 spiro atoms. The topological polar surface area (TPSA) is 66.5 Å². The van der Waals surface area contributed by atoms with Crippen LogP contribution in [0.3, 0.4) is 0 Å². The van der Waals surface area contributed by atoms with Crippen LogP contribution in [0.5, 0.6) is 0 Å². The van der Waals surface area contributed by atoms with Crippen molar-refractivity contribution in [2.45, 2.75) is 38.3 Å². The van der Waals surface area contributed by atoms with Crippen LogP contribution in [-0.4, -0.2) is 30.9 Å². The van der Waals surface area contributed by atoms with Crippen LogP contribution in [0.2, 0.25) is 19.6 Å². The maximum Gasteiger partial charge on any atom is 0.105 e. The van der Waals surface area contributed by atoms with Crippen molar-refractivity contribution in [3.05, 3.63) is 29.8 Å². The second-order valence-electron chi connectivity index (χ2n) is 5.46. The van der Waals surface area contributed by atoms with Gasteiger partial charge >= 0.3 is 0 Å². The predicted molar refractivity (Wildman–Crippen MR) is 74.1 cm³/mol. The molecule has 0 amide bonds. The van der Waals surface area contributed by atoms with Crippen LogP contribution in [0.25, 0.3) is 0 Å². The first-order valence-corrected chi connectivity index (χ1v) is 9.53. The summed E-state index contributed by atoms with van der Waals surface area (Å²) < 4.78 is 0. The van der Waals surface area contributed by atoms with Crippen LogP contribution in [0.1, 0.15) is 18.1 Å². The number of aliphatic hydroxyl groups is 2. The average molecular weight is 253 g/mol. The first-order valence-electron chi connectivity index (χ1n) is 6.03. The Hall–Kier alpha value is -0.683. The zero-order valence-corrected chi connectivity index (χ0v) is 11.9. The van der Waals surface area contributed by atoms with E-state index in [0.717, 1.165) is 5.56 Å². The summed E-state index contributed by atoms with van der Waals surface area (Å²) in [5, 5.41) is 20.9. The Labute approximate surface area is 104 Å². The van der Waals surface area contributed by atoms with E-state index in [1.807, 2.05) is 12.1 Å². The Bertz CT molecular complexity index is 345. The summed E-state index contributed by atoms with van der Waals surface area (Å²) in [7, 11) is -1.30. The smallest absolute Gasteiger partial charge is 0.105 e. The van der Waals surface area contributed by atoms with Crippen molar-refractivity contribution in [2.75, 3.05) is 6.54 Å². The molecule has 0 aromatic heterocycles. The first-order chi connectivity index (χ1) is 7.86. The molecule has 0 bridgehead atoms. The minimum Gasteiger partial charge on any atom is -0.390 e. The molecule has 0 saturated carbocycles. The first kappa shape index (κ1) is 14.4. The third kappa shape index (κ3) is 3.92. The van der Waals surface area contributed by atoms with E-state index in [1.165, 1.54) is 5.19 Å². The molecule has 4 heteroatoms. The molecule has 2 unspecified atom stereocenters. The highest BCUT2D eigenvalue weighted by molar-refractivity contribution is 6.88. The van der Waals surface area contributed by atoms with Crippen LogP contribution in [-0.2, 0) is 0 Å². The van der Waals surface area contributed by atoms with Crippen molar-refractivity contribution in [3.8, 4) is 0 Å². The van der Waals surface area contributed by atoms with E-state index in [1.54, 1.807) is 0 Å². The molecule has 4 N–H and O–H groups in total. The molecule has 2 atom stereocenters. The monoisotopic (exact) mass is 253 g/mol. The van der Waals surface area contributed by atoms with Crippen LogP contribution < -0.4 is 10.9 Å². The van der Waals surface area contributed by atoms with E-state index >= 15 is 0 Å². The Balaban J connectivity index is 2.80. The van der Waals surface area contributed by atoms with Crippen LogP contribution in [0.15, 0.2) is 24.3 Å². The van der Waals surface area contributed by atoms with Gasteiger partial charge in [-0.25, -0.2) is 0 Å². The summed E-state index contributed by atoms with van der Waals surface area (Å²) in [5.74, 6) is 0. The van der Waals surface area contributed by atoms with Gasteiger partial charge in [0.25, 0.3) is 0 Å². The van der Waals surface area contributed by atoms with E-state index in [2.05, 4.69) is 31.8 Å². The number of benzene rings is 1. The summed E-state index contributed by atoms with van der Waals surface area (Å²) in [5.41, 5.74) is 6.12. The zero-order valence-electron chi connectivity index (χ0n) is 10.9. The van der Waals surface area contributed by atoms with Crippen LogP contribution in [0, 0.1) is 0 Å². The molecular formula is C13H23NO2Si. The summed E-state index contributed by atoms with van der Waals surface area (Å²) in [6.45, 7) is 7.22. The van der Waals surface area contributed by atoms with Gasteiger partial charge in [0.05, 0.1) is 14.2 Å². The molecule has 0 aliphatic heterocycles. The molecule has 0 aliphatic rings. The van der Waals surface area contributed by atoms with Gasteiger partial charge in [0, 0.05) is 0 Å². The SMILES string of the molecule is C[Si](C)(C)c1ccc(C(O)C(O)CCN)cc1. The van der Waals surface area contributed by atoms with Crippen LogP contribution >= 0.6 is 0 Å². The summed E-state index contributed by atoms with van der Waals surface area (Å²) in [6, 6.07) is 7.91. The number of nitrogens with two attached hydrogens (primary N) is 1. The quantitative estimate of drug-likeness (QED) is 0.685. The molecule has 96 valence electrons. The van der Waals surface area contributed by atoms with Gasteiger partial charge in [-0.2, -0.15) is 0 Å². The van der Waals surface area contributed by atoms with Gasteiger partial charge < -0.3 is 15.9 Å². The molecule has 1 rings (SSSR count). The van der Waals surface area contributed by atoms with Gasteiger partial charge in [-0.05, 0) is 18.5 Å². The fraction of sp³-hybridized carbons (Fsp3) is 0.538. The highest BCUT2D eigenvalue weighted by Gasteiger charge is 2.19. The van der Waals surface area contributed by atoms with Gasteiger partial charge in [0.2, 0.25) is 0 Å². The van der Waals surface area contributed by atoms with Crippen molar-refractivity contribution >= 4 is 13.3 Å². The van der Waals surface area contributed by atoms with E-state index in [-0.39, 0.29) is 0 Å². The highest BCUT2D eigenvalue weighted by atomic mass is 28.3. The Morgan fingerprint density at radius 3 is 2.06 bits per heavy atom. The summed E-state index contributed by atoms with van der Waals surface area (Å²) >= 11 is 0. The average Bonchev–Trinajstić information content (AvgIpc) is 2.27. The molecular weight excluding hydrogens is 230 g/mol. The second-order valence-corrected chi connectivity index (χ2v) is 10.5. The minimum atomic E-state index is -1.30. The van der Waals surface area contributed by atoms with E-state index in [4.69, 9.17) is 5.73 Å². The van der Waals surface area contributed by atoms with Gasteiger partial charge in [-0.3, -0.25) is 0 Å². The van der Waals surface area contributed by atoms with Gasteiger partial charge in [0.15, 0.2) is 0 Å². The normalized spacial score (nSPS) is 15.6. The largest absolute Gasteiger partial charge is 0.390 e. The minimum absolute atomic E-state index is 0.380. The standard InChI is InChI=1S/C13H23NO2Si/c1-17(2,3)11-6-4-10(5-7-11)13(16)12(15)8-9-14/h4-7,12-13,15-16H,8-9,14H2,1-3H3. The van der Waals surface area contributed by atoms with E-state index in [0.29, 0.717) is 13.0 Å². The van der Waals surface area contributed by atoms with Gasteiger partial charge in [-0.1, -0.05) is 49.1 Å². The number of hydrogen-bond acceptors (Lipinski definition) is 3. The van der Waals surface area contributed by atoms with Gasteiger partial charge in [0.1, 0.15) is 6.10 Å². The Morgan fingerprint density at radius 2 is 1.65 bits per heavy atom. The molecule has 0 aliphatic carbocycles. The third-order valence-electron chi connectivity index (χ3n) is 2.95. The summed E-state index contributed by atoms with van der Waals surface area (Å²) in [6.07, 6.45) is -1.20. The highest BCUT2D eigenvalue weighted by Crippen LogP contribution is 2.18. The second kappa shape index (κ2) is 5.77. The number of rotatable bonds is 5. The lowest BCUT2D eigenvalue weighted by Crippen LogP contribution is -2.37. The van der Waals surface area contributed by atoms with Crippen molar-refractivity contribution in [1.29, 1.82) is 0 Å². The lowest BCUT2D eigenvalue weighted by Gasteiger charge is -2.20. The molecule has 0 radical (unpaired) electrons. The van der Waals surface area contributed by atoms with E-state index in [9.17, 15) is 10.2 Å². The fourth-order valence-electron chi connectivity index (χ4n) is 1.73. The molecule has 17 heavy (non-hydrogen) atoms. The zero-order chi connectivity index (χ0) is 13.1. The molecule has 0 heterocycles.